The second-order valence-corrected chi connectivity index (χ2v) is 7.52. The van der Waals surface area contributed by atoms with Crippen molar-refractivity contribution in [2.24, 2.45) is 11.8 Å². The van der Waals surface area contributed by atoms with E-state index in [1.165, 1.54) is 0 Å². The Kier molecular flexibility index (Phi) is 6.05. The fourth-order valence-corrected chi connectivity index (χ4v) is 3.28. The average molecular weight is 360 g/mol. The molecule has 0 spiro atoms. The molecule has 6 heteroatoms. The lowest BCUT2D eigenvalue weighted by Gasteiger charge is -2.34. The zero-order chi connectivity index (χ0) is 19.5. The highest BCUT2D eigenvalue weighted by Gasteiger charge is 2.40. The number of nitrogens with zero attached hydrogens (tertiary/aromatic N) is 1. The number of amides is 2. The maximum absolute atomic E-state index is 12.7. The van der Waals surface area contributed by atoms with Crippen LogP contribution in [0.3, 0.4) is 0 Å². The zero-order valence-corrected chi connectivity index (χ0v) is 15.9. The molecule has 0 aliphatic carbocycles. The van der Waals surface area contributed by atoms with E-state index in [4.69, 9.17) is 5.11 Å². The number of para-hydroxylation sites is 1. The summed E-state index contributed by atoms with van der Waals surface area (Å²) in [6.45, 7) is 7.86. The fraction of sp³-hybridized carbons (Fsp3) is 0.550. The van der Waals surface area contributed by atoms with Gasteiger partial charge in [-0.1, -0.05) is 39.0 Å². The molecular formula is C20H28N2O4. The van der Waals surface area contributed by atoms with Gasteiger partial charge in [-0.05, 0) is 30.9 Å². The Morgan fingerprint density at radius 1 is 1.35 bits per heavy atom. The molecule has 2 atom stereocenters. The predicted molar refractivity (Wildman–Crippen MR) is 99.9 cm³/mol. The van der Waals surface area contributed by atoms with Crippen LogP contribution in [0.15, 0.2) is 24.3 Å². The number of aryl methyl sites for hydroxylation is 1. The van der Waals surface area contributed by atoms with Gasteiger partial charge in [0.15, 0.2) is 0 Å². The summed E-state index contributed by atoms with van der Waals surface area (Å²) >= 11 is 0. The quantitative estimate of drug-likeness (QED) is 0.782. The second kappa shape index (κ2) is 7.89. The highest BCUT2D eigenvalue weighted by atomic mass is 16.4. The number of carbonyl (C=O) groups is 3. The molecule has 0 saturated carbocycles. The van der Waals surface area contributed by atoms with Crippen LogP contribution in [-0.4, -0.2) is 35.0 Å². The average Bonchev–Trinajstić information content (AvgIpc) is 2.95. The molecule has 2 N–H and O–H groups in total. The van der Waals surface area contributed by atoms with Gasteiger partial charge in [0.05, 0.1) is 12.3 Å². The first-order valence-electron chi connectivity index (χ1n) is 9.10. The van der Waals surface area contributed by atoms with Gasteiger partial charge in [-0.3, -0.25) is 14.4 Å². The van der Waals surface area contributed by atoms with Gasteiger partial charge in [-0.15, -0.1) is 0 Å². The molecular weight excluding hydrogens is 332 g/mol. The Balaban J connectivity index is 2.14. The Labute approximate surface area is 154 Å². The summed E-state index contributed by atoms with van der Waals surface area (Å²) in [7, 11) is 0. The van der Waals surface area contributed by atoms with E-state index in [1.54, 1.807) is 11.8 Å². The lowest BCUT2D eigenvalue weighted by atomic mass is 9.84. The molecule has 2 rings (SSSR count). The van der Waals surface area contributed by atoms with E-state index in [9.17, 15) is 14.4 Å². The largest absolute Gasteiger partial charge is 0.481 e. The van der Waals surface area contributed by atoms with Crippen molar-refractivity contribution in [3.8, 4) is 0 Å². The Hall–Kier alpha value is -2.37. The van der Waals surface area contributed by atoms with Crippen LogP contribution in [-0.2, 0) is 20.8 Å². The molecule has 6 nitrogen and oxygen atoms in total. The lowest BCUT2D eigenvalue weighted by molar-refractivity contribution is -0.140. The molecule has 1 aliphatic rings. The summed E-state index contributed by atoms with van der Waals surface area (Å²) in [5.41, 5.74) is 1.08. The van der Waals surface area contributed by atoms with Gasteiger partial charge in [0, 0.05) is 24.2 Å². The molecule has 1 saturated heterocycles. The molecule has 1 heterocycles. The number of rotatable bonds is 7. The Bertz CT molecular complexity index is 701. The first-order valence-corrected chi connectivity index (χ1v) is 9.10. The first kappa shape index (κ1) is 19.9. The van der Waals surface area contributed by atoms with E-state index >= 15 is 0 Å². The fourth-order valence-electron chi connectivity index (χ4n) is 3.28. The summed E-state index contributed by atoms with van der Waals surface area (Å²) in [6, 6.07) is 7.71. The number of hydrogen-bond donors (Lipinski definition) is 2. The van der Waals surface area contributed by atoms with Crippen LogP contribution >= 0.6 is 0 Å². The minimum atomic E-state index is -0.956. The van der Waals surface area contributed by atoms with Crippen molar-refractivity contribution in [2.75, 3.05) is 11.4 Å². The van der Waals surface area contributed by atoms with E-state index in [-0.39, 0.29) is 30.6 Å². The topological polar surface area (TPSA) is 86.7 Å². The third-order valence-electron chi connectivity index (χ3n) is 5.36. The van der Waals surface area contributed by atoms with Crippen molar-refractivity contribution in [3.63, 3.8) is 0 Å². The highest BCUT2D eigenvalue weighted by Crippen LogP contribution is 2.29. The molecule has 0 aromatic heterocycles. The zero-order valence-electron chi connectivity index (χ0n) is 15.9. The minimum Gasteiger partial charge on any atom is -0.481 e. The number of anilines is 1. The molecule has 1 aromatic rings. The van der Waals surface area contributed by atoms with Crippen LogP contribution in [0.25, 0.3) is 0 Å². The summed E-state index contributed by atoms with van der Waals surface area (Å²) in [5, 5.41) is 12.0. The number of carbonyl (C=O) groups excluding carboxylic acids is 2. The molecule has 26 heavy (non-hydrogen) atoms. The van der Waals surface area contributed by atoms with Crippen molar-refractivity contribution in [1.29, 1.82) is 0 Å². The smallest absolute Gasteiger partial charge is 0.305 e. The van der Waals surface area contributed by atoms with Gasteiger partial charge in [0.1, 0.15) is 0 Å². The van der Waals surface area contributed by atoms with Crippen molar-refractivity contribution in [3.05, 3.63) is 29.8 Å². The van der Waals surface area contributed by atoms with Gasteiger partial charge < -0.3 is 15.3 Å². The molecule has 1 aliphatic heterocycles. The summed E-state index contributed by atoms with van der Waals surface area (Å²) in [4.78, 5) is 38.1. The van der Waals surface area contributed by atoms with Crippen molar-refractivity contribution >= 4 is 23.5 Å². The van der Waals surface area contributed by atoms with Crippen LogP contribution in [0.1, 0.15) is 46.1 Å². The Morgan fingerprint density at radius 2 is 2.00 bits per heavy atom. The molecule has 1 fully saturated rings. The first-order chi connectivity index (χ1) is 12.2. The maximum atomic E-state index is 12.7. The van der Waals surface area contributed by atoms with Crippen LogP contribution in [0.5, 0.6) is 0 Å². The molecule has 0 radical (unpaired) electrons. The van der Waals surface area contributed by atoms with Crippen molar-refractivity contribution < 1.29 is 19.5 Å². The predicted octanol–water partition coefficient (Wildman–Crippen LogP) is 2.61. The number of carboxylic acid groups (broad SMARTS) is 1. The summed E-state index contributed by atoms with van der Waals surface area (Å²) in [6.07, 6.45) is 0.797. The number of hydrogen-bond acceptors (Lipinski definition) is 3. The molecule has 2 unspecified atom stereocenters. The minimum absolute atomic E-state index is 0.0448. The second-order valence-electron chi connectivity index (χ2n) is 7.52. The van der Waals surface area contributed by atoms with E-state index < -0.39 is 17.4 Å². The molecule has 142 valence electrons. The highest BCUT2D eigenvalue weighted by molar-refractivity contribution is 6.01. The van der Waals surface area contributed by atoms with Crippen LogP contribution in [0.2, 0.25) is 0 Å². The molecule has 2 amide bonds. The number of aliphatic carboxylic acids is 1. The van der Waals surface area contributed by atoms with E-state index in [1.807, 2.05) is 45.0 Å². The number of nitrogens with one attached hydrogen (secondary N) is 1. The van der Waals surface area contributed by atoms with Gasteiger partial charge in [0.2, 0.25) is 11.8 Å². The van der Waals surface area contributed by atoms with Crippen molar-refractivity contribution in [1.82, 2.24) is 5.32 Å². The lowest BCUT2D eigenvalue weighted by Crippen LogP contribution is -2.53. The normalized spacial score (nSPS) is 19.5. The third-order valence-corrected chi connectivity index (χ3v) is 5.36. The van der Waals surface area contributed by atoms with Gasteiger partial charge in [-0.2, -0.15) is 0 Å². The van der Waals surface area contributed by atoms with E-state index in [2.05, 4.69) is 5.32 Å². The maximum Gasteiger partial charge on any atom is 0.305 e. The Morgan fingerprint density at radius 3 is 2.58 bits per heavy atom. The van der Waals surface area contributed by atoms with Gasteiger partial charge in [0.25, 0.3) is 0 Å². The standard InChI is InChI=1S/C20H28N2O4/c1-5-14-8-6-7-9-16(14)22-12-15(10-17(22)23)19(26)21-20(4,13(2)3)11-18(24)25/h6-9,13,15H,5,10-12H2,1-4H3,(H,21,26)(H,24,25). The molecule has 0 bridgehead atoms. The van der Waals surface area contributed by atoms with Crippen LogP contribution in [0, 0.1) is 11.8 Å². The molecule has 1 aromatic carbocycles. The van der Waals surface area contributed by atoms with Crippen LogP contribution in [0.4, 0.5) is 5.69 Å². The van der Waals surface area contributed by atoms with Gasteiger partial charge >= 0.3 is 5.97 Å². The SMILES string of the molecule is CCc1ccccc1N1CC(C(=O)NC(C)(CC(=O)O)C(C)C)CC1=O. The van der Waals surface area contributed by atoms with E-state index in [0.29, 0.717) is 6.54 Å². The number of benzene rings is 1. The monoisotopic (exact) mass is 360 g/mol. The van der Waals surface area contributed by atoms with Crippen molar-refractivity contribution in [2.45, 2.75) is 52.5 Å². The third kappa shape index (κ3) is 4.23. The summed E-state index contributed by atoms with van der Waals surface area (Å²) in [5.74, 6) is -1.80. The van der Waals surface area contributed by atoms with E-state index in [0.717, 1.165) is 17.7 Å². The summed E-state index contributed by atoms with van der Waals surface area (Å²) < 4.78 is 0. The van der Waals surface area contributed by atoms with Gasteiger partial charge in [-0.25, -0.2) is 0 Å². The van der Waals surface area contributed by atoms with Crippen LogP contribution < -0.4 is 10.2 Å². The number of carboxylic acids is 1.